The zero-order chi connectivity index (χ0) is 28.1. The number of carbonyl (C=O) groups excluding carboxylic acids is 1. The highest BCUT2D eigenvalue weighted by Gasteiger charge is 2.30. The fraction of sp³-hybridized carbons (Fsp3) is 0.0667. The van der Waals surface area contributed by atoms with Crippen LogP contribution in [0.5, 0.6) is 46.0 Å². The normalized spacial score (nSPS) is 14.5. The molecule has 40 heavy (non-hydrogen) atoms. The van der Waals surface area contributed by atoms with E-state index in [2.05, 4.69) is 0 Å². The SMILES string of the molecule is O=C1C[C@@H](c2ccc(Oc3cc(-c4cc(=O)c5c(O)cc(O)cc5o4)ccc3O)cc2)Oc2cc(O)cc(O)c21. The third kappa shape index (κ3) is 4.37. The maximum atomic E-state index is 12.6. The van der Waals surface area contributed by atoms with Crippen LogP contribution in [-0.2, 0) is 0 Å². The van der Waals surface area contributed by atoms with E-state index in [0.717, 1.165) is 12.1 Å². The summed E-state index contributed by atoms with van der Waals surface area (Å²) in [6, 6.07) is 16.8. The molecule has 0 unspecified atom stereocenters. The molecule has 1 aromatic heterocycles. The molecule has 4 aromatic carbocycles. The van der Waals surface area contributed by atoms with Crippen LogP contribution in [0.2, 0.25) is 0 Å². The van der Waals surface area contributed by atoms with Gasteiger partial charge in [-0.25, -0.2) is 0 Å². The third-order valence-electron chi connectivity index (χ3n) is 6.50. The van der Waals surface area contributed by atoms with Crippen molar-refractivity contribution in [1.82, 2.24) is 0 Å². The molecule has 10 nitrogen and oxygen atoms in total. The fourth-order valence-electron chi connectivity index (χ4n) is 4.63. The fourth-order valence-corrected chi connectivity index (χ4v) is 4.63. The first-order chi connectivity index (χ1) is 19.2. The van der Waals surface area contributed by atoms with Crippen molar-refractivity contribution in [1.29, 1.82) is 0 Å². The predicted molar refractivity (Wildman–Crippen MR) is 142 cm³/mol. The number of carbonyl (C=O) groups is 1. The van der Waals surface area contributed by atoms with Gasteiger partial charge in [-0.15, -0.1) is 0 Å². The van der Waals surface area contributed by atoms with Crippen LogP contribution < -0.4 is 14.9 Å². The Bertz CT molecular complexity index is 1870. The molecule has 1 aliphatic heterocycles. The van der Waals surface area contributed by atoms with Crippen LogP contribution in [0.3, 0.4) is 0 Å². The standard InChI is InChI=1S/C30H20O10/c31-16-8-20(34)29-22(36)12-24(39-27(29)10-16)14-1-4-18(5-2-14)38-26-7-15(3-6-19(26)33)25-13-23(37)30-21(35)9-17(32)11-28(30)40-25/h1-11,13,24,31-35H,12H2/t24-/m0/s1. The molecule has 5 aromatic rings. The van der Waals surface area contributed by atoms with E-state index in [4.69, 9.17) is 13.9 Å². The Morgan fingerprint density at radius 2 is 1.48 bits per heavy atom. The lowest BCUT2D eigenvalue weighted by atomic mass is 9.95. The molecule has 0 radical (unpaired) electrons. The number of phenolic OH excluding ortho intramolecular Hbond substituents is 5. The average molecular weight is 540 g/mol. The van der Waals surface area contributed by atoms with Gasteiger partial charge in [0.1, 0.15) is 62.9 Å². The van der Waals surface area contributed by atoms with Crippen LogP contribution in [0.4, 0.5) is 0 Å². The summed E-state index contributed by atoms with van der Waals surface area (Å²) in [5, 5.41) is 49.8. The van der Waals surface area contributed by atoms with Gasteiger partial charge in [-0.05, 0) is 35.9 Å². The molecule has 0 amide bonds. The topological polar surface area (TPSA) is 167 Å². The number of rotatable bonds is 4. The van der Waals surface area contributed by atoms with Crippen molar-refractivity contribution < 1.29 is 44.2 Å². The number of hydrogen-bond donors (Lipinski definition) is 5. The molecule has 5 N–H and O–H groups in total. The Balaban J connectivity index is 1.26. The van der Waals surface area contributed by atoms with Gasteiger partial charge >= 0.3 is 0 Å². The minimum atomic E-state index is -0.651. The van der Waals surface area contributed by atoms with Gasteiger partial charge in [-0.1, -0.05) is 12.1 Å². The second kappa shape index (κ2) is 9.28. The predicted octanol–water partition coefficient (Wildman–Crippen LogP) is 5.49. The van der Waals surface area contributed by atoms with Crippen molar-refractivity contribution in [2.24, 2.45) is 0 Å². The second-order valence-corrected chi connectivity index (χ2v) is 9.24. The Kier molecular flexibility index (Phi) is 5.73. The summed E-state index contributed by atoms with van der Waals surface area (Å²) in [6.45, 7) is 0. The molecule has 0 saturated heterocycles. The minimum Gasteiger partial charge on any atom is -0.508 e. The Morgan fingerprint density at radius 1 is 0.750 bits per heavy atom. The van der Waals surface area contributed by atoms with Crippen LogP contribution in [0, 0.1) is 0 Å². The maximum absolute atomic E-state index is 12.6. The van der Waals surface area contributed by atoms with Crippen molar-refractivity contribution in [2.45, 2.75) is 12.5 Å². The molecule has 200 valence electrons. The van der Waals surface area contributed by atoms with Crippen LogP contribution in [0.15, 0.2) is 82.0 Å². The molecule has 0 aliphatic carbocycles. The highest BCUT2D eigenvalue weighted by atomic mass is 16.5. The van der Waals surface area contributed by atoms with Crippen molar-refractivity contribution in [3.63, 3.8) is 0 Å². The van der Waals surface area contributed by atoms with Crippen LogP contribution >= 0.6 is 0 Å². The number of aromatic hydroxyl groups is 5. The lowest BCUT2D eigenvalue weighted by Crippen LogP contribution is -2.20. The van der Waals surface area contributed by atoms with Gasteiger partial charge in [-0.2, -0.15) is 0 Å². The van der Waals surface area contributed by atoms with E-state index in [0.29, 0.717) is 16.9 Å². The zero-order valence-electron chi connectivity index (χ0n) is 20.5. The van der Waals surface area contributed by atoms with Gasteiger partial charge in [0.25, 0.3) is 0 Å². The summed E-state index contributed by atoms with van der Waals surface area (Å²) in [5.74, 6) is -1.12. The molecule has 0 saturated carbocycles. The maximum Gasteiger partial charge on any atom is 0.197 e. The van der Waals surface area contributed by atoms with Gasteiger partial charge in [0.15, 0.2) is 22.7 Å². The van der Waals surface area contributed by atoms with Crippen LogP contribution in [0.1, 0.15) is 28.4 Å². The number of ether oxygens (including phenoxy) is 2. The molecule has 1 aliphatic rings. The lowest BCUT2D eigenvalue weighted by Gasteiger charge is -2.26. The first kappa shape index (κ1) is 24.7. The molecule has 1 atom stereocenters. The number of phenols is 5. The van der Waals surface area contributed by atoms with Crippen LogP contribution in [-0.4, -0.2) is 31.3 Å². The summed E-state index contributed by atoms with van der Waals surface area (Å²) >= 11 is 0. The number of Topliss-reactive ketones (excluding diaryl/α,β-unsaturated/α-hetero) is 1. The van der Waals surface area contributed by atoms with Crippen molar-refractivity contribution in [3.8, 4) is 57.3 Å². The Morgan fingerprint density at radius 3 is 2.25 bits per heavy atom. The smallest absolute Gasteiger partial charge is 0.197 e. The van der Waals surface area contributed by atoms with E-state index < -0.39 is 17.3 Å². The van der Waals surface area contributed by atoms with Gasteiger partial charge < -0.3 is 39.4 Å². The summed E-state index contributed by atoms with van der Waals surface area (Å²) < 4.78 is 17.4. The molecular formula is C30H20O10. The highest BCUT2D eigenvalue weighted by Crippen LogP contribution is 2.42. The Hall–Kier alpha value is -5.64. The number of hydrogen-bond acceptors (Lipinski definition) is 10. The van der Waals surface area contributed by atoms with E-state index in [1.165, 1.54) is 36.4 Å². The van der Waals surface area contributed by atoms with Gasteiger partial charge in [0.05, 0.1) is 6.42 Å². The lowest BCUT2D eigenvalue weighted by molar-refractivity contribution is 0.0845. The van der Waals surface area contributed by atoms with E-state index in [1.54, 1.807) is 24.3 Å². The summed E-state index contributed by atoms with van der Waals surface area (Å²) in [7, 11) is 0. The zero-order valence-corrected chi connectivity index (χ0v) is 20.5. The van der Waals surface area contributed by atoms with Crippen molar-refractivity contribution in [2.75, 3.05) is 0 Å². The van der Waals surface area contributed by atoms with Crippen molar-refractivity contribution >= 4 is 16.8 Å². The van der Waals surface area contributed by atoms with Gasteiger partial charge in [0, 0.05) is 35.9 Å². The van der Waals surface area contributed by atoms with E-state index in [-0.39, 0.29) is 69.0 Å². The van der Waals surface area contributed by atoms with E-state index in [1.807, 2.05) is 0 Å². The molecule has 0 fully saturated rings. The van der Waals surface area contributed by atoms with E-state index in [9.17, 15) is 35.1 Å². The first-order valence-corrected chi connectivity index (χ1v) is 12.0. The average Bonchev–Trinajstić information content (AvgIpc) is 2.89. The number of fused-ring (bicyclic) bond motifs is 2. The number of ketones is 1. The summed E-state index contributed by atoms with van der Waals surface area (Å²) in [4.78, 5) is 25.2. The monoisotopic (exact) mass is 540 g/mol. The molecule has 10 heteroatoms. The van der Waals surface area contributed by atoms with E-state index >= 15 is 0 Å². The second-order valence-electron chi connectivity index (χ2n) is 9.24. The minimum absolute atomic E-state index is 0.0115. The summed E-state index contributed by atoms with van der Waals surface area (Å²) in [6.07, 6.45) is -0.664. The molecule has 0 spiro atoms. The quantitative estimate of drug-likeness (QED) is 0.197. The molecular weight excluding hydrogens is 520 g/mol. The van der Waals surface area contributed by atoms with Gasteiger partial charge in [0.2, 0.25) is 0 Å². The largest absolute Gasteiger partial charge is 0.508 e. The molecule has 0 bridgehead atoms. The third-order valence-corrected chi connectivity index (χ3v) is 6.50. The summed E-state index contributed by atoms with van der Waals surface area (Å²) in [5.41, 5.74) is 0.543. The van der Waals surface area contributed by atoms with Crippen molar-refractivity contribution in [3.05, 3.63) is 94.1 Å². The number of benzene rings is 4. The Labute approximate surface area is 225 Å². The molecule has 6 rings (SSSR count). The molecule has 2 heterocycles. The van der Waals surface area contributed by atoms with Crippen LogP contribution in [0.25, 0.3) is 22.3 Å². The first-order valence-electron chi connectivity index (χ1n) is 12.0. The van der Waals surface area contributed by atoms with Gasteiger partial charge in [-0.3, -0.25) is 9.59 Å². The highest BCUT2D eigenvalue weighted by molar-refractivity contribution is 6.02.